The molecule has 0 unspecified atom stereocenters. The zero-order chi connectivity index (χ0) is 15.9. The quantitative estimate of drug-likeness (QED) is 0.729. The molecular formula is C18H20N4O. The fraction of sp³-hybridized carbons (Fsp3) is 0.222. The highest BCUT2D eigenvalue weighted by Gasteiger charge is 2.12. The highest BCUT2D eigenvalue weighted by atomic mass is 16.3. The monoisotopic (exact) mass is 308 g/mol. The Morgan fingerprint density at radius 3 is 2.35 bits per heavy atom. The van der Waals surface area contributed by atoms with Crippen molar-refractivity contribution in [3.05, 3.63) is 72.8 Å². The molecule has 3 aromatic rings. The number of anilines is 1. The number of aromatic nitrogens is 3. The summed E-state index contributed by atoms with van der Waals surface area (Å²) in [5.41, 5.74) is 2.11. The van der Waals surface area contributed by atoms with Crippen LogP contribution in [-0.2, 0) is 6.54 Å². The maximum atomic E-state index is 9.16. The van der Waals surface area contributed by atoms with E-state index in [-0.39, 0.29) is 6.61 Å². The molecule has 3 rings (SSSR count). The maximum Gasteiger partial charge on any atom is 0.151 e. The van der Waals surface area contributed by atoms with Crippen molar-refractivity contribution in [1.82, 2.24) is 14.8 Å². The van der Waals surface area contributed by atoms with Crippen molar-refractivity contribution in [2.24, 2.45) is 0 Å². The van der Waals surface area contributed by atoms with E-state index in [0.717, 1.165) is 23.7 Å². The van der Waals surface area contributed by atoms with Crippen LogP contribution < -0.4 is 4.90 Å². The van der Waals surface area contributed by atoms with Crippen LogP contribution in [0, 0.1) is 0 Å². The van der Waals surface area contributed by atoms with Gasteiger partial charge in [0.1, 0.15) is 6.33 Å². The van der Waals surface area contributed by atoms with Crippen LogP contribution in [0.2, 0.25) is 0 Å². The molecule has 0 bridgehead atoms. The zero-order valence-electron chi connectivity index (χ0n) is 12.9. The number of aliphatic hydroxyl groups is 1. The highest BCUT2D eigenvalue weighted by Crippen LogP contribution is 2.17. The lowest BCUT2D eigenvalue weighted by Gasteiger charge is -2.24. The largest absolute Gasteiger partial charge is 0.396 e. The van der Waals surface area contributed by atoms with Gasteiger partial charge in [-0.2, -0.15) is 5.10 Å². The summed E-state index contributed by atoms with van der Waals surface area (Å²) in [7, 11) is 0. The molecular weight excluding hydrogens is 288 g/mol. The van der Waals surface area contributed by atoms with Crippen LogP contribution in [0.3, 0.4) is 0 Å². The molecule has 5 heteroatoms. The topological polar surface area (TPSA) is 54.2 Å². The van der Waals surface area contributed by atoms with Gasteiger partial charge in [0, 0.05) is 18.8 Å². The first-order valence-electron chi connectivity index (χ1n) is 7.73. The SMILES string of the molecule is OCCCN(Cc1ncnn1-c1ccccc1)c1ccccc1. The van der Waals surface area contributed by atoms with Crippen LogP contribution >= 0.6 is 0 Å². The van der Waals surface area contributed by atoms with Crippen molar-refractivity contribution in [3.8, 4) is 5.69 Å². The molecule has 118 valence electrons. The minimum atomic E-state index is 0.175. The molecule has 0 radical (unpaired) electrons. The molecule has 0 aliphatic rings. The van der Waals surface area contributed by atoms with Crippen molar-refractivity contribution >= 4 is 5.69 Å². The van der Waals surface area contributed by atoms with Crippen molar-refractivity contribution in [2.45, 2.75) is 13.0 Å². The van der Waals surface area contributed by atoms with E-state index >= 15 is 0 Å². The second-order valence-corrected chi connectivity index (χ2v) is 5.26. The molecule has 5 nitrogen and oxygen atoms in total. The Morgan fingerprint density at radius 2 is 1.65 bits per heavy atom. The number of aliphatic hydroxyl groups excluding tert-OH is 1. The van der Waals surface area contributed by atoms with Gasteiger partial charge in [-0.25, -0.2) is 9.67 Å². The van der Waals surface area contributed by atoms with Crippen LogP contribution in [-0.4, -0.2) is 33.0 Å². The highest BCUT2D eigenvalue weighted by molar-refractivity contribution is 5.46. The van der Waals surface area contributed by atoms with Gasteiger partial charge in [-0.3, -0.25) is 0 Å². The van der Waals surface area contributed by atoms with Crippen LogP contribution in [0.15, 0.2) is 67.0 Å². The molecule has 0 aliphatic heterocycles. The molecule has 0 amide bonds. The fourth-order valence-electron chi connectivity index (χ4n) is 2.53. The summed E-state index contributed by atoms with van der Waals surface area (Å²) in [5, 5.41) is 13.5. The van der Waals surface area contributed by atoms with E-state index in [0.29, 0.717) is 13.0 Å². The third-order valence-corrected chi connectivity index (χ3v) is 3.66. The van der Waals surface area contributed by atoms with Crippen LogP contribution in [0.5, 0.6) is 0 Å². The van der Waals surface area contributed by atoms with E-state index in [1.807, 2.05) is 53.2 Å². The molecule has 0 spiro atoms. The predicted molar refractivity (Wildman–Crippen MR) is 90.6 cm³/mol. The first-order valence-corrected chi connectivity index (χ1v) is 7.73. The molecule has 0 atom stereocenters. The minimum absolute atomic E-state index is 0.175. The minimum Gasteiger partial charge on any atom is -0.396 e. The van der Waals surface area contributed by atoms with E-state index in [1.165, 1.54) is 0 Å². The average molecular weight is 308 g/mol. The van der Waals surface area contributed by atoms with Gasteiger partial charge in [0.15, 0.2) is 5.82 Å². The molecule has 0 fully saturated rings. The molecule has 0 saturated heterocycles. The smallest absolute Gasteiger partial charge is 0.151 e. The Hall–Kier alpha value is -2.66. The van der Waals surface area contributed by atoms with Gasteiger partial charge in [-0.05, 0) is 30.7 Å². The lowest BCUT2D eigenvalue weighted by atomic mass is 10.2. The Morgan fingerprint density at radius 1 is 0.957 bits per heavy atom. The van der Waals surface area contributed by atoms with Gasteiger partial charge in [0.25, 0.3) is 0 Å². The Balaban J connectivity index is 1.85. The summed E-state index contributed by atoms with van der Waals surface area (Å²) < 4.78 is 1.86. The second-order valence-electron chi connectivity index (χ2n) is 5.26. The zero-order valence-corrected chi connectivity index (χ0v) is 12.9. The summed E-state index contributed by atoms with van der Waals surface area (Å²) in [6, 6.07) is 20.2. The van der Waals surface area contributed by atoms with Crippen LogP contribution in [0.25, 0.3) is 5.69 Å². The first-order chi connectivity index (χ1) is 11.4. The number of para-hydroxylation sites is 2. The van der Waals surface area contributed by atoms with E-state index in [9.17, 15) is 0 Å². The van der Waals surface area contributed by atoms with Gasteiger partial charge in [-0.1, -0.05) is 36.4 Å². The second kappa shape index (κ2) is 7.56. The number of hydrogen-bond acceptors (Lipinski definition) is 4. The van der Waals surface area contributed by atoms with Crippen molar-refractivity contribution in [1.29, 1.82) is 0 Å². The maximum absolute atomic E-state index is 9.16. The molecule has 2 aromatic carbocycles. The first kappa shape index (κ1) is 15.2. The Kier molecular flexibility index (Phi) is 5.01. The fourth-order valence-corrected chi connectivity index (χ4v) is 2.53. The predicted octanol–water partition coefficient (Wildman–Crippen LogP) is 2.66. The van der Waals surface area contributed by atoms with Crippen LogP contribution in [0.1, 0.15) is 12.2 Å². The van der Waals surface area contributed by atoms with E-state index in [4.69, 9.17) is 5.11 Å². The molecule has 0 saturated carbocycles. The summed E-state index contributed by atoms with van der Waals surface area (Å²) in [4.78, 5) is 6.62. The third-order valence-electron chi connectivity index (χ3n) is 3.66. The van der Waals surface area contributed by atoms with Gasteiger partial charge in [0.05, 0.1) is 12.2 Å². The Bertz CT molecular complexity index is 712. The summed E-state index contributed by atoms with van der Waals surface area (Å²) in [6.45, 7) is 1.58. The number of nitrogens with zero attached hydrogens (tertiary/aromatic N) is 4. The third kappa shape index (κ3) is 3.76. The Labute approximate surface area is 135 Å². The van der Waals surface area contributed by atoms with Crippen molar-refractivity contribution in [3.63, 3.8) is 0 Å². The lowest BCUT2D eigenvalue weighted by Crippen LogP contribution is -2.26. The van der Waals surface area contributed by atoms with Gasteiger partial charge < -0.3 is 10.0 Å². The molecule has 23 heavy (non-hydrogen) atoms. The molecule has 1 N–H and O–H groups in total. The molecule has 0 aliphatic carbocycles. The van der Waals surface area contributed by atoms with Gasteiger partial charge >= 0.3 is 0 Å². The van der Waals surface area contributed by atoms with E-state index in [2.05, 4.69) is 27.1 Å². The van der Waals surface area contributed by atoms with Gasteiger partial charge in [-0.15, -0.1) is 0 Å². The number of benzene rings is 2. The summed E-state index contributed by atoms with van der Waals surface area (Å²) >= 11 is 0. The van der Waals surface area contributed by atoms with Crippen molar-refractivity contribution < 1.29 is 5.11 Å². The molecule has 1 heterocycles. The van der Waals surface area contributed by atoms with E-state index < -0.39 is 0 Å². The summed E-state index contributed by atoms with van der Waals surface area (Å²) in [5.74, 6) is 0.873. The summed E-state index contributed by atoms with van der Waals surface area (Å²) in [6.07, 6.45) is 2.30. The van der Waals surface area contributed by atoms with E-state index in [1.54, 1.807) is 6.33 Å². The van der Waals surface area contributed by atoms with Crippen molar-refractivity contribution in [2.75, 3.05) is 18.1 Å². The van der Waals surface area contributed by atoms with Gasteiger partial charge in [0.2, 0.25) is 0 Å². The lowest BCUT2D eigenvalue weighted by molar-refractivity contribution is 0.289. The normalized spacial score (nSPS) is 10.7. The van der Waals surface area contributed by atoms with Crippen LogP contribution in [0.4, 0.5) is 5.69 Å². The molecule has 1 aromatic heterocycles. The standard InChI is InChI=1S/C18H20N4O/c23-13-7-12-21(16-8-3-1-4-9-16)14-18-19-15-20-22(18)17-10-5-2-6-11-17/h1-6,8-11,15,23H,7,12-14H2. The number of rotatable bonds is 7. The average Bonchev–Trinajstić information content (AvgIpc) is 3.08. The number of hydrogen-bond donors (Lipinski definition) is 1.